The molecule has 0 radical (unpaired) electrons. The first-order chi connectivity index (χ1) is 19.3. The fourth-order valence-corrected chi connectivity index (χ4v) is 5.29. The molecule has 2 amide bonds. The molecule has 3 aromatic rings. The number of likely N-dealkylation sites (tertiary alicyclic amines) is 1. The molecule has 0 bridgehead atoms. The van der Waals surface area contributed by atoms with Crippen molar-refractivity contribution in [2.24, 2.45) is 0 Å². The normalized spacial score (nSPS) is 20.2. The predicted molar refractivity (Wildman–Crippen MR) is 162 cm³/mol. The number of carbonyl (C=O) groups is 2. The second kappa shape index (κ2) is 10.8. The Morgan fingerprint density at radius 2 is 1.66 bits per heavy atom. The van der Waals surface area contributed by atoms with Crippen LogP contribution < -0.4 is 10.4 Å². The number of hydrogen-bond donors (Lipinski definition) is 0. The number of ether oxygens (including phenoxy) is 1. The number of amides is 2. The third-order valence-corrected chi connectivity index (χ3v) is 8.20. The van der Waals surface area contributed by atoms with Crippen LogP contribution in [0.25, 0.3) is 10.8 Å². The van der Waals surface area contributed by atoms with Gasteiger partial charge in [-0.3, -0.25) is 9.69 Å². The van der Waals surface area contributed by atoms with Crippen LogP contribution in [0.5, 0.6) is 0 Å². The maximum atomic E-state index is 14.3. The highest BCUT2D eigenvalue weighted by Gasteiger charge is 2.51. The first-order valence-corrected chi connectivity index (χ1v) is 14.4. The SMILES string of the molecule is CC(C)(C)OC(=O)N1CCC[C@@H](N(C(=O)c2ccc(B3OC(C)(C)C(C)(C)O3)cc2)c2nccc3ccccc23)C1. The van der Waals surface area contributed by atoms with Crippen molar-refractivity contribution in [2.45, 2.75) is 84.2 Å². The number of carbonyl (C=O) groups excluding carboxylic acids is 2. The summed E-state index contributed by atoms with van der Waals surface area (Å²) in [6.45, 7) is 14.6. The number of fused-ring (bicyclic) bond motifs is 1. The van der Waals surface area contributed by atoms with Crippen molar-refractivity contribution in [2.75, 3.05) is 18.0 Å². The predicted octanol–water partition coefficient (Wildman–Crippen LogP) is 5.58. The van der Waals surface area contributed by atoms with Crippen LogP contribution in [0.4, 0.5) is 10.6 Å². The molecule has 9 heteroatoms. The fraction of sp³-hybridized carbons (Fsp3) is 0.469. The Morgan fingerprint density at radius 1 is 1.00 bits per heavy atom. The molecule has 0 N–H and O–H groups in total. The van der Waals surface area contributed by atoms with Crippen LogP contribution >= 0.6 is 0 Å². The first kappa shape index (κ1) is 29.1. The van der Waals surface area contributed by atoms with Gasteiger partial charge in [0.15, 0.2) is 0 Å². The van der Waals surface area contributed by atoms with Crippen molar-refractivity contribution in [3.63, 3.8) is 0 Å². The van der Waals surface area contributed by atoms with Gasteiger partial charge in [-0.2, -0.15) is 0 Å². The maximum Gasteiger partial charge on any atom is 0.494 e. The van der Waals surface area contributed by atoms with E-state index in [2.05, 4.69) is 0 Å². The number of aromatic nitrogens is 1. The van der Waals surface area contributed by atoms with Crippen LogP contribution in [0.15, 0.2) is 60.8 Å². The summed E-state index contributed by atoms with van der Waals surface area (Å²) < 4.78 is 18.1. The van der Waals surface area contributed by atoms with Gasteiger partial charge in [0.05, 0.1) is 17.2 Å². The van der Waals surface area contributed by atoms with Crippen LogP contribution in [-0.2, 0) is 14.0 Å². The monoisotopic (exact) mass is 557 g/mol. The average Bonchev–Trinajstić information content (AvgIpc) is 3.14. The van der Waals surface area contributed by atoms with E-state index in [1.807, 2.05) is 103 Å². The minimum Gasteiger partial charge on any atom is -0.444 e. The number of pyridine rings is 1. The molecule has 216 valence electrons. The molecule has 3 heterocycles. The van der Waals surface area contributed by atoms with Gasteiger partial charge in [-0.25, -0.2) is 9.78 Å². The van der Waals surface area contributed by atoms with Gasteiger partial charge in [-0.1, -0.05) is 36.4 Å². The van der Waals surface area contributed by atoms with E-state index in [1.165, 1.54) is 0 Å². The Balaban J connectivity index is 1.47. The summed E-state index contributed by atoms with van der Waals surface area (Å²) in [5, 5.41) is 1.87. The fourth-order valence-electron chi connectivity index (χ4n) is 5.29. The van der Waals surface area contributed by atoms with Crippen LogP contribution in [0.1, 0.15) is 71.7 Å². The molecule has 0 spiro atoms. The lowest BCUT2D eigenvalue weighted by atomic mass is 9.79. The largest absolute Gasteiger partial charge is 0.494 e. The summed E-state index contributed by atoms with van der Waals surface area (Å²) in [5.74, 6) is 0.407. The third kappa shape index (κ3) is 5.97. The topological polar surface area (TPSA) is 81.2 Å². The number of rotatable bonds is 4. The second-order valence-corrected chi connectivity index (χ2v) is 13.0. The summed E-state index contributed by atoms with van der Waals surface area (Å²) in [7, 11) is -0.513. The second-order valence-electron chi connectivity index (χ2n) is 13.0. The summed E-state index contributed by atoms with van der Waals surface area (Å²) >= 11 is 0. The van der Waals surface area contributed by atoms with E-state index in [-0.39, 0.29) is 18.0 Å². The molecule has 8 nitrogen and oxygen atoms in total. The number of anilines is 1. The van der Waals surface area contributed by atoms with Crippen molar-refractivity contribution >= 4 is 41.2 Å². The number of hydrogen-bond acceptors (Lipinski definition) is 6. The van der Waals surface area contributed by atoms with Crippen LogP contribution in [0.3, 0.4) is 0 Å². The molecular formula is C32H40BN3O5. The first-order valence-electron chi connectivity index (χ1n) is 14.4. The number of nitrogens with zero attached hydrogens (tertiary/aromatic N) is 3. The van der Waals surface area contributed by atoms with Gasteiger partial charge in [-0.05, 0) is 90.4 Å². The van der Waals surface area contributed by atoms with E-state index in [0.29, 0.717) is 24.5 Å². The molecular weight excluding hydrogens is 517 g/mol. The molecule has 0 aliphatic carbocycles. The van der Waals surface area contributed by atoms with E-state index < -0.39 is 23.9 Å². The van der Waals surface area contributed by atoms with Gasteiger partial charge in [0.1, 0.15) is 11.4 Å². The van der Waals surface area contributed by atoms with Crippen molar-refractivity contribution in [3.05, 3.63) is 66.4 Å². The molecule has 2 aliphatic heterocycles. The van der Waals surface area contributed by atoms with E-state index in [0.717, 1.165) is 29.1 Å². The minimum absolute atomic E-state index is 0.176. The van der Waals surface area contributed by atoms with Gasteiger partial charge in [0.2, 0.25) is 0 Å². The zero-order valence-corrected chi connectivity index (χ0v) is 25.1. The summed E-state index contributed by atoms with van der Waals surface area (Å²) in [6.07, 6.45) is 2.85. The van der Waals surface area contributed by atoms with Gasteiger partial charge in [-0.15, -0.1) is 0 Å². The molecule has 41 heavy (non-hydrogen) atoms. The Kier molecular flexibility index (Phi) is 7.64. The van der Waals surface area contributed by atoms with Gasteiger partial charge < -0.3 is 18.9 Å². The molecule has 5 rings (SSSR count). The lowest BCUT2D eigenvalue weighted by Gasteiger charge is -2.39. The van der Waals surface area contributed by atoms with Crippen LogP contribution in [0, 0.1) is 0 Å². The molecule has 2 aliphatic rings. The van der Waals surface area contributed by atoms with Gasteiger partial charge in [0, 0.05) is 30.2 Å². The average molecular weight is 558 g/mol. The number of benzene rings is 2. The van der Waals surface area contributed by atoms with E-state index in [4.69, 9.17) is 19.0 Å². The zero-order chi connectivity index (χ0) is 29.6. The minimum atomic E-state index is -0.602. The zero-order valence-electron chi connectivity index (χ0n) is 25.1. The Bertz CT molecular complexity index is 1410. The van der Waals surface area contributed by atoms with Gasteiger partial charge >= 0.3 is 13.2 Å². The molecule has 2 fully saturated rings. The highest BCUT2D eigenvalue weighted by Crippen LogP contribution is 2.36. The Hall–Kier alpha value is -3.43. The van der Waals surface area contributed by atoms with Crippen molar-refractivity contribution < 1.29 is 23.6 Å². The highest BCUT2D eigenvalue weighted by atomic mass is 16.7. The Morgan fingerprint density at radius 3 is 2.32 bits per heavy atom. The van der Waals surface area contributed by atoms with Gasteiger partial charge in [0.25, 0.3) is 5.91 Å². The summed E-state index contributed by atoms with van der Waals surface area (Å²) in [6, 6.07) is 17.0. The van der Waals surface area contributed by atoms with E-state index in [1.54, 1.807) is 16.0 Å². The van der Waals surface area contributed by atoms with Crippen LogP contribution in [-0.4, -0.2) is 64.9 Å². The molecule has 2 saturated heterocycles. The quantitative estimate of drug-likeness (QED) is 0.390. The summed E-state index contributed by atoms with van der Waals surface area (Å²) in [5.41, 5.74) is -0.137. The maximum absolute atomic E-state index is 14.3. The molecule has 1 aromatic heterocycles. The molecule has 0 saturated carbocycles. The highest BCUT2D eigenvalue weighted by molar-refractivity contribution is 6.62. The third-order valence-electron chi connectivity index (χ3n) is 8.20. The van der Waals surface area contributed by atoms with Crippen molar-refractivity contribution in [1.82, 2.24) is 9.88 Å². The van der Waals surface area contributed by atoms with Crippen molar-refractivity contribution in [3.8, 4) is 0 Å². The smallest absolute Gasteiger partial charge is 0.444 e. The summed E-state index contributed by atoms with van der Waals surface area (Å²) in [4.78, 5) is 35.5. The lowest BCUT2D eigenvalue weighted by Crippen LogP contribution is -2.53. The number of piperidine rings is 1. The van der Waals surface area contributed by atoms with Crippen molar-refractivity contribution in [1.29, 1.82) is 0 Å². The Labute approximate surface area is 243 Å². The molecule has 1 atom stereocenters. The van der Waals surface area contributed by atoms with E-state index >= 15 is 0 Å². The van der Waals surface area contributed by atoms with E-state index in [9.17, 15) is 9.59 Å². The van der Waals surface area contributed by atoms with Crippen LogP contribution in [0.2, 0.25) is 0 Å². The standard InChI is InChI=1S/C32H40BN3O5/c1-30(2,3)39-29(38)35-20-10-12-25(21-35)36(27-26-13-9-8-11-22(26)18-19-34-27)28(37)23-14-16-24(17-15-23)33-40-31(4,5)32(6,7)41-33/h8-9,11,13-19,25H,10,12,20-21H2,1-7H3/t25-/m1/s1. The molecule has 2 aromatic carbocycles. The lowest BCUT2D eigenvalue weighted by molar-refractivity contribution is 0.00578. The molecule has 0 unspecified atom stereocenters.